The smallest absolute Gasteiger partial charge is 0.228 e. The lowest BCUT2D eigenvalue weighted by atomic mass is 9.92. The number of carbonyl (C=O) groups excluding carboxylic acids is 1. The fourth-order valence-electron chi connectivity index (χ4n) is 3.94. The largest absolute Gasteiger partial charge is 0.472 e. The maximum atomic E-state index is 12.7. The number of rotatable bonds is 3. The molecule has 1 saturated heterocycles. The van der Waals surface area contributed by atoms with Crippen LogP contribution in [0.5, 0.6) is 5.88 Å². The van der Waals surface area contributed by atoms with Gasteiger partial charge in [-0.05, 0) is 52.7 Å². The number of allylic oxidation sites excluding steroid dienone is 2. The summed E-state index contributed by atoms with van der Waals surface area (Å²) in [6.45, 7) is 1.48. The molecule has 0 spiro atoms. The van der Waals surface area contributed by atoms with Crippen molar-refractivity contribution in [3.63, 3.8) is 0 Å². The lowest BCUT2D eigenvalue weighted by Crippen LogP contribution is -2.37. The first-order chi connectivity index (χ1) is 10.7. The van der Waals surface area contributed by atoms with Crippen molar-refractivity contribution < 1.29 is 9.53 Å². The molecule has 22 heavy (non-hydrogen) atoms. The molecule has 1 aromatic rings. The summed E-state index contributed by atoms with van der Waals surface area (Å²) < 4.78 is 6.80. The standard InChI is InChI=1S/C17H19BrN2O2/c18-15-2-1-6-19-16(15)22-13-5-7-20(10-13)17(21)14-9-11-3-4-12(14)8-11/h1-4,6,11-14H,5,7-10H2. The second kappa shape index (κ2) is 5.69. The monoisotopic (exact) mass is 362 g/mol. The highest BCUT2D eigenvalue weighted by atomic mass is 79.9. The minimum Gasteiger partial charge on any atom is -0.472 e. The van der Waals surface area contributed by atoms with Crippen LogP contribution in [0.25, 0.3) is 0 Å². The molecule has 4 rings (SSSR count). The Hall–Kier alpha value is -1.36. The minimum absolute atomic E-state index is 0.0456. The molecule has 4 unspecified atom stereocenters. The van der Waals surface area contributed by atoms with Crippen molar-refractivity contribution in [1.82, 2.24) is 9.88 Å². The number of fused-ring (bicyclic) bond motifs is 2. The second-order valence-corrected chi connectivity index (χ2v) is 7.34. The predicted molar refractivity (Wildman–Crippen MR) is 86.4 cm³/mol. The molecule has 1 saturated carbocycles. The molecule has 2 aliphatic carbocycles. The SMILES string of the molecule is O=C(C1CC2C=CC1C2)N1CCC(Oc2ncccc2Br)C1. The zero-order valence-electron chi connectivity index (χ0n) is 12.3. The molecule has 0 radical (unpaired) electrons. The van der Waals surface area contributed by atoms with Gasteiger partial charge in [-0.15, -0.1) is 0 Å². The molecular weight excluding hydrogens is 344 g/mol. The molecule has 4 nitrogen and oxygen atoms in total. The highest BCUT2D eigenvalue weighted by Crippen LogP contribution is 2.44. The summed E-state index contributed by atoms with van der Waals surface area (Å²) >= 11 is 3.45. The van der Waals surface area contributed by atoms with E-state index in [1.807, 2.05) is 17.0 Å². The highest BCUT2D eigenvalue weighted by molar-refractivity contribution is 9.10. The van der Waals surface area contributed by atoms with Gasteiger partial charge in [0, 0.05) is 25.1 Å². The van der Waals surface area contributed by atoms with Crippen LogP contribution in [0.1, 0.15) is 19.3 Å². The van der Waals surface area contributed by atoms with Gasteiger partial charge in [0.15, 0.2) is 0 Å². The predicted octanol–water partition coefficient (Wildman–Crippen LogP) is 3.04. The van der Waals surface area contributed by atoms with Gasteiger partial charge in [-0.3, -0.25) is 4.79 Å². The minimum atomic E-state index is 0.0456. The molecule has 2 heterocycles. The van der Waals surface area contributed by atoms with Gasteiger partial charge in [-0.2, -0.15) is 0 Å². The van der Waals surface area contributed by atoms with Crippen molar-refractivity contribution in [1.29, 1.82) is 0 Å². The Labute approximate surface area is 138 Å². The molecule has 1 aliphatic heterocycles. The Morgan fingerprint density at radius 2 is 2.27 bits per heavy atom. The van der Waals surface area contributed by atoms with Crippen molar-refractivity contribution in [2.24, 2.45) is 17.8 Å². The van der Waals surface area contributed by atoms with E-state index in [2.05, 4.69) is 33.1 Å². The zero-order valence-corrected chi connectivity index (χ0v) is 13.9. The van der Waals surface area contributed by atoms with Gasteiger partial charge in [0.1, 0.15) is 6.10 Å². The summed E-state index contributed by atoms with van der Waals surface area (Å²) in [6.07, 6.45) is 9.38. The lowest BCUT2D eigenvalue weighted by Gasteiger charge is -2.24. The van der Waals surface area contributed by atoms with Crippen LogP contribution in [0.4, 0.5) is 0 Å². The van der Waals surface area contributed by atoms with Gasteiger partial charge < -0.3 is 9.64 Å². The van der Waals surface area contributed by atoms with Crippen LogP contribution in [0.2, 0.25) is 0 Å². The molecule has 0 N–H and O–H groups in total. The van der Waals surface area contributed by atoms with E-state index in [4.69, 9.17) is 4.74 Å². The Kier molecular flexibility index (Phi) is 3.68. The fourth-order valence-corrected chi connectivity index (χ4v) is 4.29. The topological polar surface area (TPSA) is 42.4 Å². The summed E-state index contributed by atoms with van der Waals surface area (Å²) in [6, 6.07) is 3.78. The summed E-state index contributed by atoms with van der Waals surface area (Å²) in [7, 11) is 0. The molecular formula is C17H19BrN2O2. The van der Waals surface area contributed by atoms with Crippen molar-refractivity contribution in [3.8, 4) is 5.88 Å². The average molecular weight is 363 g/mol. The first-order valence-electron chi connectivity index (χ1n) is 7.95. The summed E-state index contributed by atoms with van der Waals surface area (Å²) in [5.74, 6) is 2.25. The Balaban J connectivity index is 1.37. The third-order valence-electron chi connectivity index (χ3n) is 5.06. The van der Waals surface area contributed by atoms with Crippen LogP contribution in [0, 0.1) is 17.8 Å². The third-order valence-corrected chi connectivity index (χ3v) is 5.66. The number of halogens is 1. The molecule has 116 valence electrons. The number of hydrogen-bond donors (Lipinski definition) is 0. The number of hydrogen-bond acceptors (Lipinski definition) is 3. The fraction of sp³-hybridized carbons (Fsp3) is 0.529. The van der Waals surface area contributed by atoms with Crippen LogP contribution in [-0.4, -0.2) is 35.0 Å². The number of likely N-dealkylation sites (tertiary alicyclic amines) is 1. The van der Waals surface area contributed by atoms with Crippen molar-refractivity contribution in [2.45, 2.75) is 25.4 Å². The molecule has 1 aromatic heterocycles. The highest BCUT2D eigenvalue weighted by Gasteiger charge is 2.42. The number of aromatic nitrogens is 1. The summed E-state index contributed by atoms with van der Waals surface area (Å²) in [5.41, 5.74) is 0. The molecule has 2 fully saturated rings. The van der Waals surface area contributed by atoms with Crippen molar-refractivity contribution >= 4 is 21.8 Å². The second-order valence-electron chi connectivity index (χ2n) is 6.49. The Bertz CT molecular complexity index is 618. The van der Waals surface area contributed by atoms with Crippen LogP contribution in [0.15, 0.2) is 35.0 Å². The summed E-state index contributed by atoms with van der Waals surface area (Å²) in [5, 5.41) is 0. The maximum absolute atomic E-state index is 12.7. The molecule has 0 aromatic carbocycles. The van der Waals surface area contributed by atoms with Gasteiger partial charge in [0.25, 0.3) is 0 Å². The molecule has 4 atom stereocenters. The lowest BCUT2D eigenvalue weighted by molar-refractivity contribution is -0.135. The van der Waals surface area contributed by atoms with Gasteiger partial charge in [-0.25, -0.2) is 4.98 Å². The van der Waals surface area contributed by atoms with Crippen molar-refractivity contribution in [2.75, 3.05) is 13.1 Å². The maximum Gasteiger partial charge on any atom is 0.228 e. The average Bonchev–Trinajstić information content (AvgIpc) is 3.25. The summed E-state index contributed by atoms with van der Waals surface area (Å²) in [4.78, 5) is 18.9. The van der Waals surface area contributed by atoms with Crippen LogP contribution in [0.3, 0.4) is 0 Å². The first kappa shape index (κ1) is 14.2. The molecule has 1 amide bonds. The third kappa shape index (κ3) is 2.56. The number of pyridine rings is 1. The van der Waals surface area contributed by atoms with Crippen LogP contribution < -0.4 is 4.74 Å². The zero-order chi connectivity index (χ0) is 15.1. The van der Waals surface area contributed by atoms with Gasteiger partial charge in [0.05, 0.1) is 11.0 Å². The number of carbonyl (C=O) groups is 1. The molecule has 2 bridgehead atoms. The van der Waals surface area contributed by atoms with E-state index in [9.17, 15) is 4.79 Å². The molecule has 5 heteroatoms. The molecule has 3 aliphatic rings. The Morgan fingerprint density at radius 3 is 3.00 bits per heavy atom. The van der Waals surface area contributed by atoms with E-state index in [-0.39, 0.29) is 12.0 Å². The number of ether oxygens (including phenoxy) is 1. The van der Waals surface area contributed by atoms with E-state index >= 15 is 0 Å². The van der Waals surface area contributed by atoms with E-state index in [0.717, 1.165) is 23.9 Å². The van der Waals surface area contributed by atoms with Gasteiger partial charge >= 0.3 is 0 Å². The number of amides is 1. The first-order valence-corrected chi connectivity index (χ1v) is 8.74. The van der Waals surface area contributed by atoms with E-state index in [1.165, 1.54) is 6.42 Å². The van der Waals surface area contributed by atoms with Gasteiger partial charge in [-0.1, -0.05) is 12.2 Å². The number of nitrogens with zero attached hydrogens (tertiary/aromatic N) is 2. The van der Waals surface area contributed by atoms with E-state index in [0.29, 0.717) is 30.2 Å². The van der Waals surface area contributed by atoms with E-state index < -0.39 is 0 Å². The Morgan fingerprint density at radius 1 is 1.36 bits per heavy atom. The van der Waals surface area contributed by atoms with Crippen LogP contribution >= 0.6 is 15.9 Å². The quantitative estimate of drug-likeness (QED) is 0.776. The normalized spacial score (nSPS) is 32.7. The van der Waals surface area contributed by atoms with Gasteiger partial charge in [0.2, 0.25) is 11.8 Å². The van der Waals surface area contributed by atoms with Crippen LogP contribution in [-0.2, 0) is 4.79 Å². The van der Waals surface area contributed by atoms with E-state index in [1.54, 1.807) is 6.20 Å². The van der Waals surface area contributed by atoms with Crippen molar-refractivity contribution in [3.05, 3.63) is 35.0 Å².